The second-order valence-electron chi connectivity index (χ2n) is 9.80. The van der Waals surface area contributed by atoms with Crippen LogP contribution in [0.25, 0.3) is 0 Å². The number of nitrogens with one attached hydrogen (secondary N) is 1. The molecule has 0 bridgehead atoms. The van der Waals surface area contributed by atoms with Gasteiger partial charge in [0.05, 0.1) is 24.6 Å². The lowest BCUT2D eigenvalue weighted by Crippen LogP contribution is -2.52. The van der Waals surface area contributed by atoms with E-state index in [4.69, 9.17) is 27.9 Å². The molecule has 1 saturated carbocycles. The molecule has 1 aliphatic heterocycles. The van der Waals surface area contributed by atoms with Crippen LogP contribution in [-0.4, -0.2) is 47.1 Å². The summed E-state index contributed by atoms with van der Waals surface area (Å²) in [6.07, 6.45) is 2.13. The Labute approximate surface area is 232 Å². The van der Waals surface area contributed by atoms with Gasteiger partial charge >= 0.3 is 0 Å². The lowest BCUT2D eigenvalue weighted by Gasteiger charge is -2.47. The number of benzene rings is 3. The van der Waals surface area contributed by atoms with Crippen molar-refractivity contribution in [2.75, 3.05) is 13.2 Å². The van der Waals surface area contributed by atoms with Crippen LogP contribution < -0.4 is 10.1 Å². The molecule has 0 unspecified atom stereocenters. The molecular weight excluding hydrogens is 523 g/mol. The van der Waals surface area contributed by atoms with Crippen LogP contribution >= 0.6 is 23.2 Å². The van der Waals surface area contributed by atoms with Crippen molar-refractivity contribution < 1.29 is 19.4 Å². The van der Waals surface area contributed by atoms with Gasteiger partial charge in [-0.2, -0.15) is 0 Å². The van der Waals surface area contributed by atoms with Crippen LogP contribution in [-0.2, 0) is 4.79 Å². The third-order valence-corrected chi connectivity index (χ3v) is 7.98. The van der Waals surface area contributed by atoms with E-state index < -0.39 is 12.0 Å². The van der Waals surface area contributed by atoms with Crippen LogP contribution in [0.4, 0.5) is 0 Å². The molecule has 2 aliphatic rings. The number of carbonyl (C=O) groups excluding carboxylic acids is 2. The van der Waals surface area contributed by atoms with Gasteiger partial charge in [0.25, 0.3) is 5.91 Å². The van der Waals surface area contributed by atoms with E-state index in [2.05, 4.69) is 5.32 Å². The number of carbonyl (C=O) groups is 2. The number of nitrogens with zero attached hydrogens (tertiary/aromatic N) is 1. The smallest absolute Gasteiger partial charge is 0.254 e. The van der Waals surface area contributed by atoms with Crippen molar-refractivity contribution in [2.24, 2.45) is 0 Å². The molecule has 198 valence electrons. The number of aliphatic hydroxyl groups is 1. The average molecular weight is 553 g/mol. The number of para-hydroxylation sites is 1. The van der Waals surface area contributed by atoms with Crippen LogP contribution in [0.15, 0.2) is 72.8 Å². The Morgan fingerprint density at radius 2 is 1.66 bits per heavy atom. The topological polar surface area (TPSA) is 78.9 Å². The van der Waals surface area contributed by atoms with Crippen LogP contribution in [0.3, 0.4) is 0 Å². The van der Waals surface area contributed by atoms with Gasteiger partial charge in [-0.05, 0) is 67.1 Å². The third kappa shape index (κ3) is 5.53. The van der Waals surface area contributed by atoms with E-state index in [9.17, 15) is 14.7 Å². The van der Waals surface area contributed by atoms with Crippen LogP contribution in [0.5, 0.6) is 5.75 Å². The van der Waals surface area contributed by atoms with Crippen molar-refractivity contribution in [2.45, 2.75) is 49.8 Å². The summed E-state index contributed by atoms with van der Waals surface area (Å²) in [6.45, 7) is 0.608. The fourth-order valence-corrected chi connectivity index (χ4v) is 6.13. The standard InChI is InChI=1S/C30H30Cl2N2O4/c31-19-10-15-25(26(32)18-19)28-27(29(36)33-16-17-38-22-6-2-1-3-7-22)23-8-4-5-9-24(23)30(37)34(28)20-11-13-21(35)14-12-20/h1-10,15,18,20-21,27-28,35H,11-14,16-17H2,(H,33,36)/t20-,21-,27-,28+/m1/s1. The van der Waals surface area contributed by atoms with Crippen molar-refractivity contribution >= 4 is 35.0 Å². The molecule has 0 aromatic heterocycles. The number of halogens is 2. The van der Waals surface area contributed by atoms with Gasteiger partial charge in [0, 0.05) is 21.7 Å². The van der Waals surface area contributed by atoms with Crippen LogP contribution in [0.1, 0.15) is 59.1 Å². The van der Waals surface area contributed by atoms with E-state index >= 15 is 0 Å². The fourth-order valence-electron chi connectivity index (χ4n) is 5.61. The van der Waals surface area contributed by atoms with E-state index in [1.807, 2.05) is 53.4 Å². The summed E-state index contributed by atoms with van der Waals surface area (Å²) >= 11 is 12.9. The second kappa shape index (κ2) is 11.8. The highest BCUT2D eigenvalue weighted by atomic mass is 35.5. The number of fused-ring (bicyclic) bond motifs is 1. The summed E-state index contributed by atoms with van der Waals surface area (Å²) in [6, 6.07) is 21.1. The van der Waals surface area contributed by atoms with Crippen molar-refractivity contribution in [3.05, 3.63) is 99.5 Å². The largest absolute Gasteiger partial charge is 0.492 e. The molecule has 1 aliphatic carbocycles. The minimum absolute atomic E-state index is 0.130. The summed E-state index contributed by atoms with van der Waals surface area (Å²) in [5, 5.41) is 14.0. The number of amides is 2. The first-order valence-corrected chi connectivity index (χ1v) is 13.7. The van der Waals surface area contributed by atoms with Crippen LogP contribution in [0, 0.1) is 0 Å². The van der Waals surface area contributed by atoms with E-state index in [-0.39, 0.29) is 24.0 Å². The minimum Gasteiger partial charge on any atom is -0.492 e. The predicted octanol–water partition coefficient (Wildman–Crippen LogP) is 5.77. The van der Waals surface area contributed by atoms with Gasteiger partial charge in [-0.3, -0.25) is 9.59 Å². The van der Waals surface area contributed by atoms with Gasteiger partial charge in [0.2, 0.25) is 5.91 Å². The molecule has 0 spiro atoms. The molecule has 8 heteroatoms. The number of hydrogen-bond acceptors (Lipinski definition) is 4. The molecule has 38 heavy (non-hydrogen) atoms. The highest BCUT2D eigenvalue weighted by Crippen LogP contribution is 2.47. The minimum atomic E-state index is -0.689. The van der Waals surface area contributed by atoms with Crippen molar-refractivity contribution in [1.82, 2.24) is 10.2 Å². The van der Waals surface area contributed by atoms with Gasteiger partial charge < -0.3 is 20.1 Å². The second-order valence-corrected chi connectivity index (χ2v) is 10.6. The number of aliphatic hydroxyl groups excluding tert-OH is 1. The van der Waals surface area contributed by atoms with E-state index in [1.54, 1.807) is 24.3 Å². The molecule has 2 N–H and O–H groups in total. The molecule has 6 nitrogen and oxygen atoms in total. The van der Waals surface area contributed by atoms with Crippen LogP contribution in [0.2, 0.25) is 10.0 Å². The summed E-state index contributed by atoms with van der Waals surface area (Å²) in [7, 11) is 0. The molecule has 0 saturated heterocycles. The van der Waals surface area contributed by atoms with E-state index in [1.165, 1.54) is 0 Å². The zero-order chi connectivity index (χ0) is 26.6. The molecule has 2 amide bonds. The molecule has 3 aromatic rings. The predicted molar refractivity (Wildman–Crippen MR) is 148 cm³/mol. The number of rotatable bonds is 7. The molecule has 2 atom stereocenters. The maximum Gasteiger partial charge on any atom is 0.254 e. The molecule has 1 heterocycles. The third-order valence-electron chi connectivity index (χ3n) is 7.41. The van der Waals surface area contributed by atoms with Gasteiger partial charge in [-0.25, -0.2) is 0 Å². The highest BCUT2D eigenvalue weighted by Gasteiger charge is 2.47. The van der Waals surface area contributed by atoms with Crippen molar-refractivity contribution in [1.29, 1.82) is 0 Å². The van der Waals surface area contributed by atoms with Gasteiger partial charge in [-0.15, -0.1) is 0 Å². The average Bonchev–Trinajstić information content (AvgIpc) is 2.92. The molecule has 5 rings (SSSR count). The molecular formula is C30H30Cl2N2O4. The highest BCUT2D eigenvalue weighted by molar-refractivity contribution is 6.35. The summed E-state index contributed by atoms with van der Waals surface area (Å²) in [5.41, 5.74) is 1.86. The Kier molecular flexibility index (Phi) is 8.22. The Hall–Kier alpha value is -3.06. The zero-order valence-electron chi connectivity index (χ0n) is 20.9. The number of hydrogen-bond donors (Lipinski definition) is 2. The Morgan fingerprint density at radius 1 is 0.947 bits per heavy atom. The zero-order valence-corrected chi connectivity index (χ0v) is 22.4. The van der Waals surface area contributed by atoms with Gasteiger partial charge in [0.1, 0.15) is 12.4 Å². The summed E-state index contributed by atoms with van der Waals surface area (Å²) < 4.78 is 5.76. The summed E-state index contributed by atoms with van der Waals surface area (Å²) in [4.78, 5) is 29.7. The quantitative estimate of drug-likeness (QED) is 0.364. The SMILES string of the molecule is O=C(NCCOc1ccccc1)[C@@H]1c2ccccc2C(=O)N([C@H]2CC[C@H](O)CC2)[C@H]1c1ccc(Cl)cc1Cl. The fraction of sp³-hybridized carbons (Fsp3) is 0.333. The van der Waals surface area contributed by atoms with Gasteiger partial charge in [-0.1, -0.05) is 65.7 Å². The normalized spacial score (nSPS) is 23.0. The monoisotopic (exact) mass is 552 g/mol. The molecule has 3 aromatic carbocycles. The first-order chi connectivity index (χ1) is 18.4. The Balaban J connectivity index is 1.50. The first-order valence-electron chi connectivity index (χ1n) is 12.9. The maximum atomic E-state index is 14.0. The maximum absolute atomic E-state index is 14.0. The van der Waals surface area contributed by atoms with E-state index in [0.29, 0.717) is 65.6 Å². The lowest BCUT2D eigenvalue weighted by atomic mass is 9.77. The van der Waals surface area contributed by atoms with E-state index in [0.717, 1.165) is 5.75 Å². The molecule has 1 fully saturated rings. The lowest BCUT2D eigenvalue weighted by molar-refractivity contribution is -0.124. The summed E-state index contributed by atoms with van der Waals surface area (Å²) in [5.74, 6) is -0.300. The first kappa shape index (κ1) is 26.5. The number of ether oxygens (including phenoxy) is 1. The van der Waals surface area contributed by atoms with Crippen molar-refractivity contribution in [3.8, 4) is 5.75 Å². The van der Waals surface area contributed by atoms with Crippen molar-refractivity contribution in [3.63, 3.8) is 0 Å². The Bertz CT molecular complexity index is 1290. The Morgan fingerprint density at radius 3 is 2.39 bits per heavy atom. The molecule has 0 radical (unpaired) electrons. The van der Waals surface area contributed by atoms with Gasteiger partial charge in [0.15, 0.2) is 0 Å².